The molecule has 1 heterocycles. The Balaban J connectivity index is 2.22. The van der Waals surface area contributed by atoms with Crippen LogP contribution >= 0.6 is 0 Å². The highest BCUT2D eigenvalue weighted by atomic mass is 16.5. The molecule has 0 amide bonds. The summed E-state index contributed by atoms with van der Waals surface area (Å²) in [6, 6.07) is 8.34. The van der Waals surface area contributed by atoms with Gasteiger partial charge in [0.1, 0.15) is 5.75 Å². The molecule has 96 valence electrons. The highest BCUT2D eigenvalue weighted by Gasteiger charge is 2.11. The number of benzene rings is 1. The summed E-state index contributed by atoms with van der Waals surface area (Å²) >= 11 is 0. The van der Waals surface area contributed by atoms with Crippen LogP contribution in [-0.4, -0.2) is 16.3 Å². The fourth-order valence-corrected chi connectivity index (χ4v) is 1.93. The average Bonchev–Trinajstić information content (AvgIpc) is 2.76. The highest BCUT2D eigenvalue weighted by Crippen LogP contribution is 2.28. The maximum Gasteiger partial charge on any atom is 0.165 e. The van der Waals surface area contributed by atoms with Crippen LogP contribution in [0.3, 0.4) is 0 Å². The summed E-state index contributed by atoms with van der Waals surface area (Å²) in [5, 5.41) is 7.49. The fraction of sp³-hybridized carbons (Fsp3) is 0.357. The third-order valence-corrected chi connectivity index (χ3v) is 2.80. The number of nitrogens with zero attached hydrogens (tertiary/aromatic N) is 2. The van der Waals surface area contributed by atoms with Crippen molar-refractivity contribution in [3.05, 3.63) is 42.2 Å². The Morgan fingerprint density at radius 3 is 2.83 bits per heavy atom. The van der Waals surface area contributed by atoms with E-state index < -0.39 is 0 Å². The van der Waals surface area contributed by atoms with E-state index in [-0.39, 0.29) is 6.04 Å². The van der Waals surface area contributed by atoms with E-state index in [9.17, 15) is 0 Å². The van der Waals surface area contributed by atoms with Crippen LogP contribution in [0.5, 0.6) is 11.5 Å². The molecule has 0 bridgehead atoms. The normalized spacial score (nSPS) is 12.4. The molecule has 1 aromatic heterocycles. The molecule has 0 aliphatic heterocycles. The molecule has 0 spiro atoms. The van der Waals surface area contributed by atoms with E-state index in [1.165, 1.54) is 0 Å². The molecule has 4 heteroatoms. The number of aromatic nitrogens is 2. The maximum absolute atomic E-state index is 5.87. The predicted octanol–water partition coefficient (Wildman–Crippen LogP) is 2.88. The average molecular weight is 245 g/mol. The van der Waals surface area contributed by atoms with E-state index in [0.717, 1.165) is 23.6 Å². The molecule has 0 radical (unpaired) electrons. The molecule has 2 aromatic rings. The molecule has 0 fully saturated rings. The number of para-hydroxylation sites is 1. The Labute approximate surface area is 108 Å². The minimum Gasteiger partial charge on any atom is -0.454 e. The summed E-state index contributed by atoms with van der Waals surface area (Å²) in [6.45, 7) is 5.17. The van der Waals surface area contributed by atoms with Crippen molar-refractivity contribution in [1.82, 2.24) is 15.1 Å². The van der Waals surface area contributed by atoms with Crippen molar-refractivity contribution in [3.63, 3.8) is 0 Å². The summed E-state index contributed by atoms with van der Waals surface area (Å²) in [7, 11) is 1.88. The molecular weight excluding hydrogens is 226 g/mol. The van der Waals surface area contributed by atoms with E-state index in [1.807, 2.05) is 31.4 Å². The number of nitrogens with one attached hydrogen (secondary N) is 1. The lowest BCUT2D eigenvalue weighted by atomic mass is 10.1. The lowest BCUT2D eigenvalue weighted by Crippen LogP contribution is -2.18. The first-order valence-electron chi connectivity index (χ1n) is 6.19. The summed E-state index contributed by atoms with van der Waals surface area (Å²) in [5.74, 6) is 1.63. The second-order valence-corrected chi connectivity index (χ2v) is 4.27. The van der Waals surface area contributed by atoms with Gasteiger partial charge in [-0.15, -0.1) is 0 Å². The Morgan fingerprint density at radius 2 is 2.17 bits per heavy atom. The lowest BCUT2D eigenvalue weighted by Gasteiger charge is -2.16. The fourth-order valence-electron chi connectivity index (χ4n) is 1.93. The molecule has 0 aliphatic rings. The molecule has 1 atom stereocenters. The second kappa shape index (κ2) is 5.69. The molecule has 1 N–H and O–H groups in total. The maximum atomic E-state index is 5.87. The third-order valence-electron chi connectivity index (χ3n) is 2.80. The van der Waals surface area contributed by atoms with Crippen molar-refractivity contribution in [2.45, 2.75) is 19.9 Å². The number of hydrogen-bond acceptors (Lipinski definition) is 3. The Bertz CT molecular complexity index is 507. The predicted molar refractivity (Wildman–Crippen MR) is 71.8 cm³/mol. The molecule has 1 unspecified atom stereocenters. The van der Waals surface area contributed by atoms with Crippen molar-refractivity contribution in [3.8, 4) is 11.5 Å². The van der Waals surface area contributed by atoms with Crippen LogP contribution in [-0.2, 0) is 7.05 Å². The minimum atomic E-state index is 0.267. The van der Waals surface area contributed by atoms with E-state index in [1.54, 1.807) is 10.9 Å². The molecule has 0 saturated carbocycles. The highest BCUT2D eigenvalue weighted by molar-refractivity contribution is 5.38. The van der Waals surface area contributed by atoms with Crippen molar-refractivity contribution in [2.24, 2.45) is 7.05 Å². The minimum absolute atomic E-state index is 0.267. The molecule has 1 aromatic carbocycles. The van der Waals surface area contributed by atoms with Gasteiger partial charge in [-0.1, -0.05) is 25.1 Å². The second-order valence-electron chi connectivity index (χ2n) is 4.27. The van der Waals surface area contributed by atoms with Gasteiger partial charge in [0.05, 0.1) is 12.4 Å². The van der Waals surface area contributed by atoms with Gasteiger partial charge in [-0.3, -0.25) is 4.68 Å². The third kappa shape index (κ3) is 2.90. The van der Waals surface area contributed by atoms with Crippen molar-refractivity contribution >= 4 is 0 Å². The van der Waals surface area contributed by atoms with Crippen LogP contribution in [0.15, 0.2) is 36.7 Å². The van der Waals surface area contributed by atoms with Gasteiger partial charge in [-0.05, 0) is 19.5 Å². The summed E-state index contributed by atoms with van der Waals surface area (Å²) in [4.78, 5) is 0. The van der Waals surface area contributed by atoms with E-state index in [2.05, 4.69) is 30.3 Å². The van der Waals surface area contributed by atoms with Crippen molar-refractivity contribution in [2.75, 3.05) is 6.54 Å². The number of rotatable bonds is 5. The van der Waals surface area contributed by atoms with Gasteiger partial charge in [0.15, 0.2) is 5.75 Å². The SMILES string of the molecule is CCNC(C)c1ccccc1Oc1cnn(C)c1. The summed E-state index contributed by atoms with van der Waals surface area (Å²) < 4.78 is 7.60. The summed E-state index contributed by atoms with van der Waals surface area (Å²) in [5.41, 5.74) is 1.16. The molecule has 18 heavy (non-hydrogen) atoms. The number of ether oxygens (including phenoxy) is 1. The quantitative estimate of drug-likeness (QED) is 0.880. The Morgan fingerprint density at radius 1 is 1.39 bits per heavy atom. The Hall–Kier alpha value is -1.81. The zero-order chi connectivity index (χ0) is 13.0. The summed E-state index contributed by atoms with van der Waals surface area (Å²) in [6.07, 6.45) is 3.57. The van der Waals surface area contributed by atoms with Crippen LogP contribution in [0.1, 0.15) is 25.5 Å². The topological polar surface area (TPSA) is 39.1 Å². The van der Waals surface area contributed by atoms with Gasteiger partial charge in [0, 0.05) is 18.7 Å². The van der Waals surface area contributed by atoms with E-state index >= 15 is 0 Å². The molecular formula is C14H19N3O. The van der Waals surface area contributed by atoms with Gasteiger partial charge in [0.2, 0.25) is 0 Å². The number of aryl methyl sites for hydroxylation is 1. The van der Waals surface area contributed by atoms with Gasteiger partial charge in [0.25, 0.3) is 0 Å². The van der Waals surface area contributed by atoms with Gasteiger partial charge >= 0.3 is 0 Å². The van der Waals surface area contributed by atoms with Crippen LogP contribution in [0.25, 0.3) is 0 Å². The first kappa shape index (κ1) is 12.6. The largest absolute Gasteiger partial charge is 0.454 e. The Kier molecular flexibility index (Phi) is 3.99. The zero-order valence-corrected chi connectivity index (χ0v) is 11.1. The molecule has 0 saturated heterocycles. The first-order valence-corrected chi connectivity index (χ1v) is 6.19. The van der Waals surface area contributed by atoms with Crippen molar-refractivity contribution < 1.29 is 4.74 Å². The van der Waals surface area contributed by atoms with Crippen LogP contribution in [0.2, 0.25) is 0 Å². The van der Waals surface area contributed by atoms with E-state index in [0.29, 0.717) is 0 Å². The molecule has 4 nitrogen and oxygen atoms in total. The van der Waals surface area contributed by atoms with Crippen LogP contribution in [0, 0.1) is 0 Å². The monoisotopic (exact) mass is 245 g/mol. The standard InChI is InChI=1S/C14H19N3O/c1-4-15-11(2)13-7-5-6-8-14(13)18-12-9-16-17(3)10-12/h5-11,15H,4H2,1-3H3. The van der Waals surface area contributed by atoms with Crippen molar-refractivity contribution in [1.29, 1.82) is 0 Å². The smallest absolute Gasteiger partial charge is 0.165 e. The number of hydrogen-bond donors (Lipinski definition) is 1. The van der Waals surface area contributed by atoms with Gasteiger partial charge in [-0.2, -0.15) is 5.10 Å². The lowest BCUT2D eigenvalue weighted by molar-refractivity contribution is 0.462. The van der Waals surface area contributed by atoms with Crippen LogP contribution in [0.4, 0.5) is 0 Å². The first-order chi connectivity index (χ1) is 8.70. The van der Waals surface area contributed by atoms with Gasteiger partial charge < -0.3 is 10.1 Å². The van der Waals surface area contributed by atoms with E-state index in [4.69, 9.17) is 4.74 Å². The van der Waals surface area contributed by atoms with Gasteiger partial charge in [-0.25, -0.2) is 0 Å². The zero-order valence-electron chi connectivity index (χ0n) is 11.1. The molecule has 0 aliphatic carbocycles. The molecule has 2 rings (SSSR count). The van der Waals surface area contributed by atoms with Crippen LogP contribution < -0.4 is 10.1 Å².